The summed E-state index contributed by atoms with van der Waals surface area (Å²) in [5.41, 5.74) is -0.655. The molecule has 0 saturated carbocycles. The predicted octanol–water partition coefficient (Wildman–Crippen LogP) is 4.26. The van der Waals surface area contributed by atoms with E-state index in [0.717, 1.165) is 5.69 Å². The number of halogens is 3. The Hall–Kier alpha value is -2.80. The fourth-order valence-corrected chi connectivity index (χ4v) is 5.86. The second-order valence-corrected chi connectivity index (χ2v) is 12.0. The smallest absolute Gasteiger partial charge is 0.387 e. The molecule has 3 heterocycles. The lowest BCUT2D eigenvalue weighted by molar-refractivity contribution is -0.152. The molecule has 0 aliphatic carbocycles. The maximum atomic E-state index is 14.1. The second-order valence-electron chi connectivity index (χ2n) is 11.6. The molecule has 226 valence electrons. The summed E-state index contributed by atoms with van der Waals surface area (Å²) >= 11 is 5.99. The number of carboxylic acids is 1. The molecule has 1 amide bonds. The maximum absolute atomic E-state index is 14.1. The molecule has 0 bridgehead atoms. The van der Waals surface area contributed by atoms with Crippen LogP contribution in [0.15, 0.2) is 30.5 Å². The van der Waals surface area contributed by atoms with Crippen molar-refractivity contribution in [1.29, 1.82) is 0 Å². The van der Waals surface area contributed by atoms with Crippen molar-refractivity contribution in [2.45, 2.75) is 70.2 Å². The number of rotatable bonds is 10. The number of hydrogen-bond donors (Lipinski definition) is 2. The van der Waals surface area contributed by atoms with Crippen molar-refractivity contribution in [3.8, 4) is 5.75 Å². The summed E-state index contributed by atoms with van der Waals surface area (Å²) < 4.78 is 38.3. The molecule has 1 atom stereocenters. The normalized spacial score (nSPS) is 20.2. The number of morpholine rings is 1. The molecule has 0 unspecified atom stereocenters. The van der Waals surface area contributed by atoms with E-state index in [1.165, 1.54) is 18.2 Å². The highest BCUT2D eigenvalue weighted by Crippen LogP contribution is 2.37. The Kier molecular flexibility index (Phi) is 9.57. The van der Waals surface area contributed by atoms with Gasteiger partial charge in [0.2, 0.25) is 0 Å². The van der Waals surface area contributed by atoms with Gasteiger partial charge in [0, 0.05) is 55.7 Å². The van der Waals surface area contributed by atoms with Crippen LogP contribution < -0.4 is 10.1 Å². The number of ether oxygens (including phenoxy) is 2. The Balaban J connectivity index is 1.58. The largest absolute Gasteiger partial charge is 0.480 e. The highest BCUT2D eigenvalue weighted by molar-refractivity contribution is 6.30. The van der Waals surface area contributed by atoms with Gasteiger partial charge in [0.05, 0.1) is 17.9 Å². The first-order chi connectivity index (χ1) is 19.3. The molecule has 2 aromatic rings. The van der Waals surface area contributed by atoms with Crippen LogP contribution in [0, 0.1) is 0 Å². The van der Waals surface area contributed by atoms with E-state index in [9.17, 15) is 23.5 Å². The van der Waals surface area contributed by atoms with E-state index in [-0.39, 0.29) is 22.4 Å². The molecule has 2 N–H and O–H groups in total. The average molecular weight is 598 g/mol. The van der Waals surface area contributed by atoms with E-state index in [4.69, 9.17) is 16.3 Å². The number of carbonyl (C=O) groups excluding carboxylic acids is 1. The Morgan fingerprint density at radius 2 is 1.90 bits per heavy atom. The van der Waals surface area contributed by atoms with Gasteiger partial charge in [-0.3, -0.25) is 19.2 Å². The van der Waals surface area contributed by atoms with Crippen LogP contribution in [0.3, 0.4) is 0 Å². The van der Waals surface area contributed by atoms with E-state index >= 15 is 0 Å². The number of carbonyl (C=O) groups is 2. The van der Waals surface area contributed by atoms with Crippen molar-refractivity contribution >= 4 is 29.2 Å². The zero-order chi connectivity index (χ0) is 29.9. The third kappa shape index (κ3) is 7.17. The molecule has 0 radical (unpaired) electrons. The van der Waals surface area contributed by atoms with Gasteiger partial charge >= 0.3 is 12.6 Å². The lowest BCUT2D eigenvalue weighted by atomic mass is 9.85. The number of aliphatic carboxylic acids is 1. The highest BCUT2D eigenvalue weighted by atomic mass is 35.5. The molecule has 13 heteroatoms. The number of nitrogens with one attached hydrogen (secondary N) is 1. The number of aromatic nitrogens is 2. The summed E-state index contributed by atoms with van der Waals surface area (Å²) in [5.74, 6) is -1.50. The van der Waals surface area contributed by atoms with Gasteiger partial charge in [-0.15, -0.1) is 0 Å². The lowest BCUT2D eigenvalue weighted by Gasteiger charge is -2.45. The number of nitrogens with zero attached hydrogens (tertiary/aromatic N) is 4. The van der Waals surface area contributed by atoms with Crippen molar-refractivity contribution in [3.05, 3.63) is 41.2 Å². The topological polar surface area (TPSA) is 109 Å². The first-order valence-corrected chi connectivity index (χ1v) is 14.1. The molecule has 4 rings (SSSR count). The maximum Gasteiger partial charge on any atom is 0.387 e. The van der Waals surface area contributed by atoms with Gasteiger partial charge in [-0.1, -0.05) is 25.4 Å². The molecule has 2 saturated heterocycles. The lowest BCUT2D eigenvalue weighted by Crippen LogP contribution is -2.59. The minimum atomic E-state index is -3.10. The molecule has 41 heavy (non-hydrogen) atoms. The zero-order valence-electron chi connectivity index (χ0n) is 23.8. The van der Waals surface area contributed by atoms with E-state index in [1.807, 2.05) is 38.7 Å². The Bertz CT molecular complexity index is 1230. The summed E-state index contributed by atoms with van der Waals surface area (Å²) in [5, 5.41) is 17.6. The van der Waals surface area contributed by atoms with Crippen molar-refractivity contribution in [3.63, 3.8) is 0 Å². The number of carboxylic acid groups (broad SMARTS) is 1. The molecular formula is C28H38ClF2N5O5. The fraction of sp³-hybridized carbons (Fsp3) is 0.607. The van der Waals surface area contributed by atoms with Crippen LogP contribution in [-0.2, 0) is 19.9 Å². The number of amides is 1. The van der Waals surface area contributed by atoms with E-state index < -0.39 is 35.7 Å². The molecule has 2 aliphatic rings. The summed E-state index contributed by atoms with van der Waals surface area (Å²) in [6.07, 6.45) is 2.31. The number of alkyl halides is 2. The van der Waals surface area contributed by atoms with Crippen LogP contribution in [0.25, 0.3) is 0 Å². The van der Waals surface area contributed by atoms with E-state index in [1.54, 1.807) is 10.9 Å². The van der Waals surface area contributed by atoms with Crippen molar-refractivity contribution < 1.29 is 33.0 Å². The van der Waals surface area contributed by atoms with Gasteiger partial charge in [-0.2, -0.15) is 13.9 Å². The van der Waals surface area contributed by atoms with Gasteiger partial charge in [-0.25, -0.2) is 0 Å². The standard InChI is InChI=1S/C28H38ClF2N5O5/c1-18(2)21-7-10-32-36(21)28(25(39)33-20-6-5-19(29)15-23(20)41-26(30)31)8-11-34(12-9-28)16-22(24(37)38)35-13-14-40-27(3,4)17-35/h5-7,10,15,18,22,26H,8-9,11-14,16-17H2,1-4H3,(H,33,39)(H,37,38)/t22-/m0/s1. The third-order valence-electron chi connectivity index (χ3n) is 7.79. The SMILES string of the molecule is CC(C)c1ccnn1C1(C(=O)Nc2ccc(Cl)cc2OC(F)F)CCN(C[C@@H](C(=O)O)N2CCOC(C)(C)C2)CC1. The van der Waals surface area contributed by atoms with Crippen LogP contribution in [0.5, 0.6) is 5.75 Å². The summed E-state index contributed by atoms with van der Waals surface area (Å²) in [6, 6.07) is 5.27. The molecule has 10 nitrogen and oxygen atoms in total. The molecule has 0 spiro atoms. The van der Waals surface area contributed by atoms with Crippen molar-refractivity contribution in [1.82, 2.24) is 19.6 Å². The Labute approximate surface area is 243 Å². The van der Waals surface area contributed by atoms with Crippen LogP contribution in [0.2, 0.25) is 5.02 Å². The van der Waals surface area contributed by atoms with Gasteiger partial charge in [0.25, 0.3) is 5.91 Å². The van der Waals surface area contributed by atoms with E-state index in [0.29, 0.717) is 52.2 Å². The minimum Gasteiger partial charge on any atom is -0.480 e. The number of anilines is 1. The first kappa shape index (κ1) is 31.1. The summed E-state index contributed by atoms with van der Waals surface area (Å²) in [4.78, 5) is 30.4. The second kappa shape index (κ2) is 12.6. The van der Waals surface area contributed by atoms with Gasteiger partial charge in [0.15, 0.2) is 5.75 Å². The summed E-state index contributed by atoms with van der Waals surface area (Å²) in [7, 11) is 0. The molecule has 2 fully saturated rings. The van der Waals surface area contributed by atoms with Gasteiger partial charge in [-0.05, 0) is 50.8 Å². The first-order valence-electron chi connectivity index (χ1n) is 13.7. The molecule has 1 aromatic carbocycles. The van der Waals surface area contributed by atoms with E-state index in [2.05, 4.69) is 20.1 Å². The Morgan fingerprint density at radius 3 is 2.51 bits per heavy atom. The molecule has 1 aromatic heterocycles. The average Bonchev–Trinajstić information content (AvgIpc) is 3.39. The van der Waals surface area contributed by atoms with Gasteiger partial charge < -0.3 is 24.8 Å². The number of likely N-dealkylation sites (tertiary alicyclic amines) is 1. The predicted molar refractivity (Wildman–Crippen MR) is 150 cm³/mol. The van der Waals surface area contributed by atoms with Crippen LogP contribution in [0.1, 0.15) is 52.1 Å². The van der Waals surface area contributed by atoms with Crippen LogP contribution >= 0.6 is 11.6 Å². The molecule has 2 aliphatic heterocycles. The van der Waals surface area contributed by atoms with Crippen molar-refractivity contribution in [2.75, 3.05) is 44.6 Å². The zero-order valence-corrected chi connectivity index (χ0v) is 24.5. The van der Waals surface area contributed by atoms with Crippen LogP contribution in [0.4, 0.5) is 14.5 Å². The number of hydrogen-bond acceptors (Lipinski definition) is 7. The fourth-order valence-electron chi connectivity index (χ4n) is 5.69. The number of piperidine rings is 1. The summed E-state index contributed by atoms with van der Waals surface area (Å²) in [6.45, 7) is 7.44. The third-order valence-corrected chi connectivity index (χ3v) is 8.03. The van der Waals surface area contributed by atoms with Crippen LogP contribution in [-0.4, -0.2) is 94.1 Å². The Morgan fingerprint density at radius 1 is 1.20 bits per heavy atom. The van der Waals surface area contributed by atoms with Crippen molar-refractivity contribution in [2.24, 2.45) is 0 Å². The monoisotopic (exact) mass is 597 g/mol. The quantitative estimate of drug-likeness (QED) is 0.418. The number of benzene rings is 1. The minimum absolute atomic E-state index is 0.0644. The molecular weight excluding hydrogens is 560 g/mol. The highest BCUT2D eigenvalue weighted by Gasteiger charge is 2.46. The van der Waals surface area contributed by atoms with Gasteiger partial charge in [0.1, 0.15) is 11.6 Å².